The Kier molecular flexibility index (Phi) is 14.4. The molecular weight excluding hydrogens is 872 g/mol. The summed E-state index contributed by atoms with van der Waals surface area (Å²) in [5, 5.41) is 17.3. The number of carbonyl (C=O) groups is 3. The minimum atomic E-state index is -5.37. The Hall–Kier alpha value is -6.63. The molecule has 65 heavy (non-hydrogen) atoms. The molecule has 21 heteroatoms. The van der Waals surface area contributed by atoms with Gasteiger partial charge in [0.2, 0.25) is 5.91 Å². The highest BCUT2D eigenvalue weighted by Crippen LogP contribution is 2.54. The maximum absolute atomic E-state index is 13.4. The molecule has 0 aliphatic carbocycles. The van der Waals surface area contributed by atoms with Gasteiger partial charge in [-0.2, -0.15) is 26.3 Å². The highest BCUT2D eigenvalue weighted by molar-refractivity contribution is 5.89. The summed E-state index contributed by atoms with van der Waals surface area (Å²) in [7, 11) is 3.09. The summed E-state index contributed by atoms with van der Waals surface area (Å²) in [5.74, 6) is 0.343. The number of nitrogens with one attached hydrogen (secondary N) is 4. The lowest BCUT2D eigenvalue weighted by Crippen LogP contribution is -2.50. The number of carbonyl (C=O) groups excluding carboxylic acids is 3. The first kappa shape index (κ1) is 47.8. The summed E-state index contributed by atoms with van der Waals surface area (Å²) in [4.78, 5) is 64.0. The number of H-pyrrole nitrogens is 1. The third-order valence-corrected chi connectivity index (χ3v) is 11.2. The molecule has 15 nitrogen and oxygen atoms in total. The quantitative estimate of drug-likeness (QED) is 0.0481. The molecule has 3 aromatic carbocycles. The lowest BCUT2D eigenvalue weighted by Gasteiger charge is -2.43. The Labute approximate surface area is 366 Å². The molecule has 5 atom stereocenters. The van der Waals surface area contributed by atoms with E-state index >= 15 is 0 Å². The number of benzene rings is 3. The Balaban J connectivity index is 1.23. The number of ether oxygens (including phenoxy) is 4. The van der Waals surface area contributed by atoms with Gasteiger partial charge in [0.05, 0.1) is 27.4 Å². The van der Waals surface area contributed by atoms with Crippen LogP contribution < -0.4 is 36.7 Å². The number of aromatic nitrogens is 2. The predicted molar refractivity (Wildman–Crippen MR) is 218 cm³/mol. The zero-order valence-electron chi connectivity index (χ0n) is 34.7. The Morgan fingerprint density at radius 1 is 0.862 bits per heavy atom. The van der Waals surface area contributed by atoms with Gasteiger partial charge in [0, 0.05) is 18.2 Å². The van der Waals surface area contributed by atoms with Crippen molar-refractivity contribution in [2.24, 2.45) is 0 Å². The molecule has 2 fully saturated rings. The number of hydrogen-bond donors (Lipinski definition) is 5. The van der Waals surface area contributed by atoms with Gasteiger partial charge in [-0.3, -0.25) is 28.7 Å². The number of amides is 3. The van der Waals surface area contributed by atoms with E-state index in [9.17, 15) is 55.4 Å². The standard InChI is InChI=1S/C44H43F6N5O10/c1-62-30-17-13-28(14-18-30)42(27-10-4-3-5-11-27,29-15-19-31(63-2)20-16-29)24-41-25-64-33(34(41)56)37(65-41)55-23-26(35(57)54-40(55)61)9-8-22-51-36(58)32(53-39(60)44(48,49)50)12-6-7-21-52-38(59)43(45,46)47/h3-5,10-11,13-20,23,32-34,37,56H,6-7,12,21-22,24-25H2,1-2H3,(H,51,58)(H,52,59)(H,53,60)(H,54,57,61)/t32?,33-,34?,37+,41-/m0/s1. The second-order valence-corrected chi connectivity index (χ2v) is 15.2. The van der Waals surface area contributed by atoms with Gasteiger partial charge in [-0.15, -0.1) is 0 Å². The molecule has 3 amide bonds. The van der Waals surface area contributed by atoms with Crippen LogP contribution in [0.4, 0.5) is 26.3 Å². The predicted octanol–water partition coefficient (Wildman–Crippen LogP) is 3.37. The molecule has 2 aliphatic heterocycles. The topological polar surface area (TPSA) is 199 Å². The first-order valence-electron chi connectivity index (χ1n) is 20.0. The molecule has 346 valence electrons. The molecule has 2 bridgehead atoms. The highest BCUT2D eigenvalue weighted by Gasteiger charge is 2.64. The minimum Gasteiger partial charge on any atom is -0.497 e. The molecule has 0 spiro atoms. The minimum absolute atomic E-state index is 0.0836. The number of unbranched alkanes of at least 4 members (excludes halogenated alkanes) is 1. The maximum Gasteiger partial charge on any atom is 0.471 e. The monoisotopic (exact) mass is 915 g/mol. The van der Waals surface area contributed by atoms with Crippen molar-refractivity contribution < 1.29 is 64.8 Å². The molecule has 2 aliphatic rings. The van der Waals surface area contributed by atoms with Crippen LogP contribution in [-0.2, 0) is 29.3 Å². The van der Waals surface area contributed by atoms with E-state index in [0.717, 1.165) is 27.5 Å². The van der Waals surface area contributed by atoms with Crippen LogP contribution in [-0.4, -0.2) is 102 Å². The van der Waals surface area contributed by atoms with Crippen LogP contribution in [0.2, 0.25) is 0 Å². The smallest absolute Gasteiger partial charge is 0.471 e. The average molecular weight is 916 g/mol. The molecule has 3 heterocycles. The number of hydrogen-bond acceptors (Lipinski definition) is 10. The summed E-state index contributed by atoms with van der Waals surface area (Å²) in [6.07, 6.45) is -13.9. The lowest BCUT2D eigenvalue weighted by molar-refractivity contribution is -0.180. The van der Waals surface area contributed by atoms with E-state index in [1.54, 1.807) is 19.5 Å². The van der Waals surface area contributed by atoms with Crippen LogP contribution in [0.15, 0.2) is 94.6 Å². The number of aliphatic hydroxyl groups excluding tert-OH is 1. The first-order chi connectivity index (χ1) is 30.8. The zero-order valence-corrected chi connectivity index (χ0v) is 34.7. The second kappa shape index (κ2) is 19.6. The second-order valence-electron chi connectivity index (χ2n) is 15.2. The summed E-state index contributed by atoms with van der Waals surface area (Å²) >= 11 is 0. The average Bonchev–Trinajstić information content (AvgIpc) is 3.73. The van der Waals surface area contributed by atoms with Gasteiger partial charge < -0.3 is 40.0 Å². The van der Waals surface area contributed by atoms with Gasteiger partial charge in [0.25, 0.3) is 5.56 Å². The molecule has 5 N–H and O–H groups in total. The van der Waals surface area contributed by atoms with E-state index in [4.69, 9.17) is 18.9 Å². The molecule has 4 aromatic rings. The van der Waals surface area contributed by atoms with Gasteiger partial charge in [0.15, 0.2) is 6.23 Å². The SMILES string of the molecule is COc1ccc(C(C[C@]23CO[C@@H](C2O)[C@H](n2cc(C#CCNC(=O)C(CCCCNC(=O)C(F)(F)F)NC(=O)C(F)(F)F)c(=O)[nH]c2=O)O3)(c2ccccc2)c2ccc(OC)cc2)cc1. The molecule has 0 radical (unpaired) electrons. The van der Waals surface area contributed by atoms with Gasteiger partial charge in [-0.25, -0.2) is 4.79 Å². The molecule has 2 unspecified atom stereocenters. The number of halogens is 6. The van der Waals surface area contributed by atoms with Crippen LogP contribution in [0, 0.1) is 11.8 Å². The van der Waals surface area contributed by atoms with Crippen molar-refractivity contribution in [1.29, 1.82) is 0 Å². The summed E-state index contributed by atoms with van der Waals surface area (Å²) in [6.45, 7) is -1.18. The molecule has 0 saturated carbocycles. The maximum atomic E-state index is 13.4. The summed E-state index contributed by atoms with van der Waals surface area (Å²) in [5.41, 5.74) is -2.21. The van der Waals surface area contributed by atoms with Crippen LogP contribution in [0.25, 0.3) is 0 Å². The molecule has 2 saturated heterocycles. The number of alkyl halides is 6. The fourth-order valence-electron chi connectivity index (χ4n) is 7.95. The van der Waals surface area contributed by atoms with E-state index < -0.39 is 96.3 Å². The number of aromatic amines is 1. The van der Waals surface area contributed by atoms with Crippen molar-refractivity contribution >= 4 is 17.7 Å². The number of rotatable bonds is 16. The van der Waals surface area contributed by atoms with Crippen LogP contribution in [0.1, 0.15) is 54.2 Å². The number of methoxy groups -OCH3 is 2. The van der Waals surface area contributed by atoms with E-state index in [1.165, 1.54) is 5.32 Å². The number of nitrogens with zero attached hydrogens (tertiary/aromatic N) is 1. The van der Waals surface area contributed by atoms with Crippen LogP contribution in [0.3, 0.4) is 0 Å². The molecule has 1 aromatic heterocycles. The fraction of sp³-hybridized carbons (Fsp3) is 0.386. The molecule has 6 rings (SSSR count). The number of fused-ring (bicyclic) bond motifs is 2. The summed E-state index contributed by atoms with van der Waals surface area (Å²) < 4.78 is 101. The Morgan fingerprint density at radius 3 is 2.02 bits per heavy atom. The Morgan fingerprint density at radius 2 is 1.45 bits per heavy atom. The largest absolute Gasteiger partial charge is 0.497 e. The highest BCUT2D eigenvalue weighted by atomic mass is 19.4. The van der Waals surface area contributed by atoms with Crippen molar-refractivity contribution in [1.82, 2.24) is 25.5 Å². The third kappa shape index (κ3) is 10.5. The first-order valence-corrected chi connectivity index (χ1v) is 20.0. The molecular formula is C44H43F6N5O10. The van der Waals surface area contributed by atoms with Crippen LogP contribution in [0.5, 0.6) is 11.5 Å². The van der Waals surface area contributed by atoms with Crippen molar-refractivity contribution in [2.75, 3.05) is 33.9 Å². The van der Waals surface area contributed by atoms with Crippen molar-refractivity contribution in [2.45, 2.75) is 73.5 Å². The van der Waals surface area contributed by atoms with E-state index in [0.29, 0.717) is 11.5 Å². The van der Waals surface area contributed by atoms with Gasteiger partial charge in [-0.05, 0) is 66.6 Å². The van der Waals surface area contributed by atoms with Gasteiger partial charge in [0.1, 0.15) is 40.9 Å². The normalized spacial score (nSPS) is 19.7. The third-order valence-electron chi connectivity index (χ3n) is 11.2. The Bertz CT molecular complexity index is 2470. The van der Waals surface area contributed by atoms with Crippen molar-refractivity contribution in [3.05, 3.63) is 128 Å². The van der Waals surface area contributed by atoms with E-state index in [1.807, 2.05) is 78.9 Å². The van der Waals surface area contributed by atoms with Gasteiger partial charge in [-0.1, -0.05) is 66.4 Å². The lowest BCUT2D eigenvalue weighted by atomic mass is 9.63. The number of aliphatic hydroxyl groups is 1. The van der Waals surface area contributed by atoms with E-state index in [2.05, 4.69) is 22.1 Å². The summed E-state index contributed by atoms with van der Waals surface area (Å²) in [6, 6.07) is 22.6. The van der Waals surface area contributed by atoms with Gasteiger partial charge >= 0.3 is 29.9 Å². The van der Waals surface area contributed by atoms with Crippen LogP contribution >= 0.6 is 0 Å². The zero-order chi connectivity index (χ0) is 47.2. The van der Waals surface area contributed by atoms with Crippen molar-refractivity contribution in [3.63, 3.8) is 0 Å². The fourth-order valence-corrected chi connectivity index (χ4v) is 7.95. The van der Waals surface area contributed by atoms with E-state index in [-0.39, 0.29) is 31.4 Å². The van der Waals surface area contributed by atoms with Crippen molar-refractivity contribution in [3.8, 4) is 23.3 Å².